The molecule has 0 unspecified atom stereocenters. The SMILES string of the molecule is COc1ccc(F)cc1[C@H](C)NC(=O)[C@H](C)S(C)(=O)=O. The fraction of sp³-hybridized carbons (Fsp3) is 0.462. The molecule has 0 bridgehead atoms. The molecule has 5 nitrogen and oxygen atoms in total. The van der Waals surface area contributed by atoms with E-state index in [4.69, 9.17) is 4.74 Å². The maximum atomic E-state index is 13.3. The van der Waals surface area contributed by atoms with E-state index in [-0.39, 0.29) is 0 Å². The Kier molecular flexibility index (Phi) is 5.10. The molecule has 1 rings (SSSR count). The van der Waals surface area contributed by atoms with E-state index in [1.54, 1.807) is 6.92 Å². The zero-order valence-electron chi connectivity index (χ0n) is 11.8. The largest absolute Gasteiger partial charge is 0.496 e. The highest BCUT2D eigenvalue weighted by atomic mass is 32.2. The van der Waals surface area contributed by atoms with E-state index < -0.39 is 32.9 Å². The zero-order valence-corrected chi connectivity index (χ0v) is 12.6. The lowest BCUT2D eigenvalue weighted by atomic mass is 10.1. The molecule has 20 heavy (non-hydrogen) atoms. The summed E-state index contributed by atoms with van der Waals surface area (Å²) in [5.74, 6) is -0.671. The van der Waals surface area contributed by atoms with Crippen LogP contribution in [0.1, 0.15) is 25.5 Å². The molecule has 1 aromatic rings. The van der Waals surface area contributed by atoms with Crippen molar-refractivity contribution in [2.45, 2.75) is 25.1 Å². The Hall–Kier alpha value is -1.63. The van der Waals surface area contributed by atoms with Gasteiger partial charge in [0.25, 0.3) is 0 Å². The Labute approximate surface area is 118 Å². The summed E-state index contributed by atoms with van der Waals surface area (Å²) in [6.07, 6.45) is 0.991. The average molecular weight is 303 g/mol. The van der Waals surface area contributed by atoms with E-state index in [1.807, 2.05) is 0 Å². The number of ether oxygens (including phenoxy) is 1. The second-order valence-corrected chi connectivity index (χ2v) is 6.95. The predicted octanol–water partition coefficient (Wildman–Crippen LogP) is 1.44. The number of hydrogen-bond donors (Lipinski definition) is 1. The predicted molar refractivity (Wildman–Crippen MR) is 73.8 cm³/mol. The van der Waals surface area contributed by atoms with Crippen LogP contribution in [-0.2, 0) is 14.6 Å². The lowest BCUT2D eigenvalue weighted by Crippen LogP contribution is -2.38. The molecular formula is C13H18FNO4S. The van der Waals surface area contributed by atoms with E-state index in [0.29, 0.717) is 11.3 Å². The third-order valence-corrected chi connectivity index (χ3v) is 4.53. The van der Waals surface area contributed by atoms with Crippen LogP contribution in [0, 0.1) is 5.82 Å². The van der Waals surface area contributed by atoms with Crippen LogP contribution >= 0.6 is 0 Å². The van der Waals surface area contributed by atoms with Crippen LogP contribution in [0.3, 0.4) is 0 Å². The molecule has 0 radical (unpaired) electrons. The molecule has 0 fully saturated rings. The molecule has 2 atom stereocenters. The highest BCUT2D eigenvalue weighted by molar-refractivity contribution is 7.92. The number of benzene rings is 1. The van der Waals surface area contributed by atoms with E-state index in [0.717, 1.165) is 6.26 Å². The summed E-state index contributed by atoms with van der Waals surface area (Å²) < 4.78 is 41.0. The van der Waals surface area contributed by atoms with E-state index >= 15 is 0 Å². The van der Waals surface area contributed by atoms with Gasteiger partial charge in [0, 0.05) is 11.8 Å². The van der Waals surface area contributed by atoms with Gasteiger partial charge < -0.3 is 10.1 Å². The van der Waals surface area contributed by atoms with Crippen LogP contribution in [0.4, 0.5) is 4.39 Å². The Balaban J connectivity index is 2.94. The lowest BCUT2D eigenvalue weighted by Gasteiger charge is -2.19. The molecule has 0 spiro atoms. The summed E-state index contributed by atoms with van der Waals surface area (Å²) in [7, 11) is -2.04. The first-order chi connectivity index (χ1) is 9.16. The monoisotopic (exact) mass is 303 g/mol. The van der Waals surface area contributed by atoms with Crippen molar-refractivity contribution >= 4 is 15.7 Å². The van der Waals surface area contributed by atoms with Gasteiger partial charge in [-0.05, 0) is 32.0 Å². The molecule has 1 amide bonds. The maximum absolute atomic E-state index is 13.3. The normalized spacial score (nSPS) is 14.4. The fourth-order valence-electron chi connectivity index (χ4n) is 1.65. The van der Waals surface area contributed by atoms with Crippen LogP contribution < -0.4 is 10.1 Å². The summed E-state index contributed by atoms with van der Waals surface area (Å²) in [4.78, 5) is 11.8. The van der Waals surface area contributed by atoms with Gasteiger partial charge in [-0.15, -0.1) is 0 Å². The topological polar surface area (TPSA) is 72.5 Å². The van der Waals surface area contributed by atoms with Crippen molar-refractivity contribution in [2.75, 3.05) is 13.4 Å². The number of halogens is 1. The molecule has 0 aliphatic rings. The Morgan fingerprint density at radius 1 is 1.35 bits per heavy atom. The molecule has 0 aliphatic heterocycles. The summed E-state index contributed by atoms with van der Waals surface area (Å²) in [6, 6.07) is 3.37. The average Bonchev–Trinajstić information content (AvgIpc) is 2.36. The highest BCUT2D eigenvalue weighted by Crippen LogP contribution is 2.25. The third-order valence-electron chi connectivity index (χ3n) is 3.03. The maximum Gasteiger partial charge on any atom is 0.238 e. The number of carbonyl (C=O) groups excluding carboxylic acids is 1. The van der Waals surface area contributed by atoms with Crippen molar-refractivity contribution in [1.82, 2.24) is 5.32 Å². The van der Waals surface area contributed by atoms with Crippen molar-refractivity contribution in [2.24, 2.45) is 0 Å². The van der Waals surface area contributed by atoms with Crippen LogP contribution in [0.15, 0.2) is 18.2 Å². The standard InChI is InChI=1S/C13H18FNO4S/c1-8(15-13(16)9(2)20(4,17)18)11-7-10(14)5-6-12(11)19-3/h5-9H,1-4H3,(H,15,16)/t8-,9-/m0/s1. The molecule has 7 heteroatoms. The van der Waals surface area contributed by atoms with Gasteiger partial charge in [0.05, 0.1) is 13.2 Å². The fourth-order valence-corrected chi connectivity index (χ4v) is 2.10. The first-order valence-electron chi connectivity index (χ1n) is 5.99. The smallest absolute Gasteiger partial charge is 0.238 e. The second-order valence-electron chi connectivity index (χ2n) is 4.59. The number of hydrogen-bond acceptors (Lipinski definition) is 4. The van der Waals surface area contributed by atoms with Crippen LogP contribution in [-0.4, -0.2) is 32.9 Å². The molecule has 1 aromatic carbocycles. The minimum atomic E-state index is -3.47. The van der Waals surface area contributed by atoms with E-state index in [2.05, 4.69) is 5.32 Å². The molecular weight excluding hydrogens is 285 g/mol. The number of amides is 1. The minimum Gasteiger partial charge on any atom is -0.496 e. The summed E-state index contributed by atoms with van der Waals surface area (Å²) in [5, 5.41) is 1.38. The van der Waals surface area contributed by atoms with Gasteiger partial charge in [0.15, 0.2) is 9.84 Å². The lowest BCUT2D eigenvalue weighted by molar-refractivity contribution is -0.121. The molecule has 0 saturated carbocycles. The second kappa shape index (κ2) is 6.21. The molecule has 0 aliphatic carbocycles. The van der Waals surface area contributed by atoms with Gasteiger partial charge in [0.1, 0.15) is 16.8 Å². The molecule has 112 valence electrons. The van der Waals surface area contributed by atoms with Crippen molar-refractivity contribution in [1.29, 1.82) is 0 Å². The first-order valence-corrected chi connectivity index (χ1v) is 7.95. The van der Waals surface area contributed by atoms with Gasteiger partial charge in [-0.3, -0.25) is 4.79 Å². The summed E-state index contributed by atoms with van der Waals surface area (Å²) in [6.45, 7) is 2.93. The van der Waals surface area contributed by atoms with Gasteiger partial charge >= 0.3 is 0 Å². The third kappa shape index (κ3) is 3.93. The Morgan fingerprint density at radius 3 is 2.45 bits per heavy atom. The molecule has 0 aromatic heterocycles. The molecule has 0 heterocycles. The van der Waals surface area contributed by atoms with Crippen LogP contribution in [0.5, 0.6) is 5.75 Å². The first kappa shape index (κ1) is 16.4. The summed E-state index contributed by atoms with van der Waals surface area (Å²) >= 11 is 0. The number of methoxy groups -OCH3 is 1. The van der Waals surface area contributed by atoms with Gasteiger partial charge in [-0.2, -0.15) is 0 Å². The summed E-state index contributed by atoms with van der Waals surface area (Å²) in [5.41, 5.74) is 0.446. The van der Waals surface area contributed by atoms with Crippen LogP contribution in [0.25, 0.3) is 0 Å². The number of rotatable bonds is 5. The van der Waals surface area contributed by atoms with Crippen LogP contribution in [0.2, 0.25) is 0 Å². The van der Waals surface area contributed by atoms with Crippen molar-refractivity contribution in [3.8, 4) is 5.75 Å². The van der Waals surface area contributed by atoms with E-state index in [1.165, 1.54) is 32.2 Å². The highest BCUT2D eigenvalue weighted by Gasteiger charge is 2.25. The Morgan fingerprint density at radius 2 is 1.95 bits per heavy atom. The van der Waals surface area contributed by atoms with E-state index in [9.17, 15) is 17.6 Å². The molecule has 0 saturated heterocycles. The number of sulfone groups is 1. The zero-order chi connectivity index (χ0) is 15.5. The Bertz CT molecular complexity index is 600. The molecule has 1 N–H and O–H groups in total. The number of nitrogens with one attached hydrogen (secondary N) is 1. The van der Waals surface area contributed by atoms with Crippen molar-refractivity contribution in [3.05, 3.63) is 29.6 Å². The van der Waals surface area contributed by atoms with Gasteiger partial charge in [-0.1, -0.05) is 0 Å². The van der Waals surface area contributed by atoms with Gasteiger partial charge in [0.2, 0.25) is 5.91 Å². The van der Waals surface area contributed by atoms with Crippen molar-refractivity contribution < 1.29 is 22.3 Å². The van der Waals surface area contributed by atoms with Crippen molar-refractivity contribution in [3.63, 3.8) is 0 Å². The minimum absolute atomic E-state index is 0.422. The quantitative estimate of drug-likeness (QED) is 0.893. The van der Waals surface area contributed by atoms with Gasteiger partial charge in [-0.25, -0.2) is 12.8 Å². The number of carbonyl (C=O) groups is 1.